The highest BCUT2D eigenvalue weighted by atomic mass is 16.3. The molecule has 3 aliphatic rings. The number of phenolic OH excluding ortho intramolecular Hbond substituents is 1. The number of Topliss-reactive ketones (excluding diaryl/α,β-unsaturated/α-hetero) is 4. The molecule has 0 radical (unpaired) electrons. The summed E-state index contributed by atoms with van der Waals surface area (Å²) in [4.78, 5) is 87.5. The van der Waals surface area contributed by atoms with Gasteiger partial charge in [0.15, 0.2) is 34.7 Å². The summed E-state index contributed by atoms with van der Waals surface area (Å²) < 4.78 is 0. The number of imidazole rings is 1. The Bertz CT molecular complexity index is 1540. The number of benzene rings is 1. The zero-order chi connectivity index (χ0) is 31.5. The third-order valence-electron chi connectivity index (χ3n) is 8.90. The summed E-state index contributed by atoms with van der Waals surface area (Å²) >= 11 is 0. The average molecular weight is 597 g/mol. The number of primary amides is 1. The van der Waals surface area contributed by atoms with Gasteiger partial charge in [0.2, 0.25) is 11.8 Å². The smallest absolute Gasteiger partial charge is 0.238 e. The van der Waals surface area contributed by atoms with Crippen molar-refractivity contribution >= 4 is 40.6 Å². The maximum atomic E-state index is 14.0. The average Bonchev–Trinajstić information content (AvgIpc) is 3.45. The van der Waals surface area contributed by atoms with Gasteiger partial charge in [-0.2, -0.15) is 0 Å². The lowest BCUT2D eigenvalue weighted by Gasteiger charge is -2.56. The molecule has 1 heterocycles. The van der Waals surface area contributed by atoms with Gasteiger partial charge in [0.25, 0.3) is 0 Å². The largest absolute Gasteiger partial charge is 0.505 e. The monoisotopic (exact) mass is 596 g/mol. The van der Waals surface area contributed by atoms with E-state index >= 15 is 0 Å². The van der Waals surface area contributed by atoms with Crippen molar-refractivity contribution in [2.75, 3.05) is 26.0 Å². The number of phenols is 1. The van der Waals surface area contributed by atoms with Crippen molar-refractivity contribution in [2.24, 2.45) is 29.4 Å². The predicted molar refractivity (Wildman–Crippen MR) is 146 cm³/mol. The molecule has 43 heavy (non-hydrogen) atoms. The normalized spacial score (nSPS) is 31.8. The molecule has 0 spiro atoms. The molecule has 5 rings (SSSR count). The Morgan fingerprint density at radius 1 is 1.16 bits per heavy atom. The minimum absolute atomic E-state index is 0.122. The molecular formula is C28H32N6O9. The van der Waals surface area contributed by atoms with Crippen LogP contribution in [0.1, 0.15) is 34.6 Å². The molecule has 0 aliphatic heterocycles. The number of carbonyl (C=O) groups excluding carboxylic acids is 6. The first-order chi connectivity index (χ1) is 20.2. The number of aromatic hydroxyl groups is 1. The van der Waals surface area contributed by atoms with Gasteiger partial charge in [-0.1, -0.05) is 13.0 Å². The van der Waals surface area contributed by atoms with Crippen molar-refractivity contribution in [3.05, 3.63) is 41.5 Å². The van der Waals surface area contributed by atoms with Crippen LogP contribution >= 0.6 is 0 Å². The Kier molecular flexibility index (Phi) is 7.54. The Labute approximate surface area is 244 Å². The van der Waals surface area contributed by atoms with E-state index in [0.717, 1.165) is 0 Å². The van der Waals surface area contributed by atoms with Crippen LogP contribution in [0.3, 0.4) is 0 Å². The Morgan fingerprint density at radius 3 is 2.47 bits per heavy atom. The Hall–Kier alpha value is -4.31. The number of fused-ring (bicyclic) bond motifs is 3. The third kappa shape index (κ3) is 4.47. The number of aliphatic hydroxyl groups is 2. The number of nitrogens with zero attached hydrogens (tertiary/aromatic N) is 2. The number of rotatable bonds is 7. The van der Waals surface area contributed by atoms with E-state index in [9.17, 15) is 44.1 Å². The highest BCUT2D eigenvalue weighted by Crippen LogP contribution is 2.55. The highest BCUT2D eigenvalue weighted by molar-refractivity contribution is 6.32. The van der Waals surface area contributed by atoms with Crippen molar-refractivity contribution in [1.29, 1.82) is 0 Å². The van der Waals surface area contributed by atoms with Gasteiger partial charge in [-0.05, 0) is 31.6 Å². The van der Waals surface area contributed by atoms with E-state index in [1.807, 2.05) is 0 Å². The molecule has 0 saturated heterocycles. The van der Waals surface area contributed by atoms with Crippen molar-refractivity contribution in [2.45, 2.75) is 37.1 Å². The van der Waals surface area contributed by atoms with E-state index in [2.05, 4.69) is 20.6 Å². The van der Waals surface area contributed by atoms with Gasteiger partial charge < -0.3 is 36.7 Å². The lowest BCUT2D eigenvalue weighted by molar-refractivity contribution is -0.196. The fourth-order valence-corrected chi connectivity index (χ4v) is 6.97. The molecule has 2 aromatic rings. The molecule has 8 atom stereocenters. The second-order valence-electron chi connectivity index (χ2n) is 11.5. The van der Waals surface area contributed by atoms with Crippen LogP contribution in [-0.4, -0.2) is 104 Å². The van der Waals surface area contributed by atoms with Crippen molar-refractivity contribution in [3.63, 3.8) is 0 Å². The minimum atomic E-state index is -3.09. The van der Waals surface area contributed by atoms with Crippen molar-refractivity contribution in [3.8, 4) is 5.75 Å². The first-order valence-electron chi connectivity index (χ1n) is 13.6. The van der Waals surface area contributed by atoms with E-state index < -0.39 is 88.0 Å². The number of likely N-dealkylation sites (N-methyl/N-ethyl adjacent to an activating group) is 1. The SMILES string of the molecule is CC1c2ccc(NC(=O)CNCc3ncc[nH]3)c(O)c2C(=O)C2C(=O)[C@]3(O)C(=O)C(C(N)=O)C(=O)[C@@H](N(C)C)C3C(O)C21. The molecule has 2 saturated carbocycles. The van der Waals surface area contributed by atoms with E-state index in [1.54, 1.807) is 19.3 Å². The quantitative estimate of drug-likeness (QED) is 0.134. The summed E-state index contributed by atoms with van der Waals surface area (Å²) in [7, 11) is 2.84. The van der Waals surface area contributed by atoms with Crippen molar-refractivity contribution in [1.82, 2.24) is 20.2 Å². The fraction of sp³-hybridized carbons (Fsp3) is 0.464. The van der Waals surface area contributed by atoms with Crippen LogP contribution in [0.4, 0.5) is 5.69 Å². The highest BCUT2D eigenvalue weighted by Gasteiger charge is 2.72. The molecule has 2 amide bonds. The number of H-pyrrole nitrogens is 1. The summed E-state index contributed by atoms with van der Waals surface area (Å²) in [5.41, 5.74) is 2.06. The van der Waals surface area contributed by atoms with Crippen LogP contribution < -0.4 is 16.4 Å². The summed E-state index contributed by atoms with van der Waals surface area (Å²) in [6.45, 7) is 1.70. The van der Waals surface area contributed by atoms with Gasteiger partial charge in [-0.25, -0.2) is 4.98 Å². The molecule has 228 valence electrons. The topological polar surface area (TPSA) is 245 Å². The molecule has 3 aliphatic carbocycles. The summed E-state index contributed by atoms with van der Waals surface area (Å²) in [6.07, 6.45) is 1.45. The third-order valence-corrected chi connectivity index (χ3v) is 8.90. The van der Waals surface area contributed by atoms with Crippen LogP contribution in [0.5, 0.6) is 5.75 Å². The van der Waals surface area contributed by atoms with E-state index in [1.165, 1.54) is 31.1 Å². The number of aromatic amines is 1. The standard InChI is InChI=1S/C28H32N6O9/c1-10-11-4-5-12(33-14(35)9-30-8-13-31-6-7-32-13)21(36)16(11)22(37)17-15(10)23(38)19-20(34(2)3)24(39)18(27(29)42)26(41)28(19,43)25(17)40/h4-7,10,15,17-20,23,30,36,38,43H,8-9H2,1-3H3,(H2,29,42)(H,31,32)(H,33,35)/t10?,15?,17?,18?,19?,20-,23?,28-/m0/s1. The Morgan fingerprint density at radius 2 is 1.86 bits per heavy atom. The van der Waals surface area contributed by atoms with Gasteiger partial charge in [-0.15, -0.1) is 0 Å². The number of aromatic nitrogens is 2. The van der Waals surface area contributed by atoms with Crippen LogP contribution in [0.2, 0.25) is 0 Å². The Balaban J connectivity index is 1.50. The zero-order valence-electron chi connectivity index (χ0n) is 23.5. The van der Waals surface area contributed by atoms with Crippen LogP contribution in [0.25, 0.3) is 0 Å². The predicted octanol–water partition coefficient (Wildman–Crippen LogP) is -2.15. The minimum Gasteiger partial charge on any atom is -0.505 e. The number of ketones is 4. The van der Waals surface area contributed by atoms with Crippen LogP contribution in [-0.2, 0) is 30.5 Å². The molecule has 1 aromatic heterocycles. The summed E-state index contributed by atoms with van der Waals surface area (Å²) in [5.74, 6) is -14.3. The van der Waals surface area contributed by atoms with Crippen LogP contribution in [0.15, 0.2) is 24.5 Å². The van der Waals surface area contributed by atoms with Gasteiger partial charge in [0.1, 0.15) is 11.6 Å². The molecule has 15 heteroatoms. The van der Waals surface area contributed by atoms with Crippen molar-refractivity contribution < 1.29 is 44.1 Å². The molecule has 2 fully saturated rings. The number of hydrogen-bond acceptors (Lipinski definition) is 12. The number of hydrogen-bond donors (Lipinski definition) is 7. The lowest BCUT2D eigenvalue weighted by Crippen LogP contribution is -2.77. The number of carbonyl (C=O) groups is 6. The number of aliphatic hydroxyl groups excluding tert-OH is 1. The number of nitrogens with two attached hydrogens (primary N) is 1. The summed E-state index contributed by atoms with van der Waals surface area (Å²) in [6, 6.07) is 1.40. The van der Waals surface area contributed by atoms with E-state index in [-0.39, 0.29) is 29.9 Å². The van der Waals surface area contributed by atoms with Gasteiger partial charge in [0, 0.05) is 18.3 Å². The number of nitrogens with one attached hydrogen (secondary N) is 3. The van der Waals surface area contributed by atoms with Gasteiger partial charge in [-0.3, -0.25) is 33.7 Å². The molecular weight excluding hydrogens is 564 g/mol. The summed E-state index contributed by atoms with van der Waals surface area (Å²) in [5, 5.41) is 39.8. The fourth-order valence-electron chi connectivity index (χ4n) is 6.97. The van der Waals surface area contributed by atoms with Gasteiger partial charge >= 0.3 is 0 Å². The van der Waals surface area contributed by atoms with Crippen LogP contribution in [0, 0.1) is 23.7 Å². The van der Waals surface area contributed by atoms with E-state index in [0.29, 0.717) is 5.82 Å². The molecule has 0 bridgehead atoms. The second kappa shape index (κ2) is 10.8. The second-order valence-corrected chi connectivity index (χ2v) is 11.5. The molecule has 6 unspecified atom stereocenters. The molecule has 8 N–H and O–H groups in total. The van der Waals surface area contributed by atoms with Gasteiger partial charge in [0.05, 0.1) is 48.3 Å². The zero-order valence-corrected chi connectivity index (χ0v) is 23.5. The first-order valence-corrected chi connectivity index (χ1v) is 13.6. The molecule has 1 aromatic carbocycles. The number of anilines is 1. The maximum Gasteiger partial charge on any atom is 0.238 e. The molecule has 15 nitrogen and oxygen atoms in total. The first kappa shape index (κ1) is 30.2. The van der Waals surface area contributed by atoms with E-state index in [4.69, 9.17) is 5.73 Å². The maximum absolute atomic E-state index is 14.0. The lowest BCUT2D eigenvalue weighted by atomic mass is 9.49. The number of amides is 2.